The zero-order valence-corrected chi connectivity index (χ0v) is 18.0. The van der Waals surface area contributed by atoms with E-state index >= 15 is 0 Å². The third-order valence-electron chi connectivity index (χ3n) is 5.25. The topological polar surface area (TPSA) is 84.9 Å². The molecule has 1 aromatic heterocycles. The maximum absolute atomic E-state index is 12.8. The van der Waals surface area contributed by atoms with Crippen LogP contribution in [0.25, 0.3) is 0 Å². The van der Waals surface area contributed by atoms with Crippen LogP contribution in [0.4, 0.5) is 10.6 Å². The molecule has 0 aliphatic carbocycles. The van der Waals surface area contributed by atoms with Gasteiger partial charge in [-0.2, -0.15) is 4.98 Å². The fourth-order valence-electron chi connectivity index (χ4n) is 4.16. The Balaban J connectivity index is 1.94. The van der Waals surface area contributed by atoms with Crippen molar-refractivity contribution in [3.63, 3.8) is 0 Å². The Labute approximate surface area is 170 Å². The molecule has 0 radical (unpaired) electrons. The number of fused-ring (bicyclic) bond motifs is 2. The first-order valence-electron chi connectivity index (χ1n) is 9.35. The minimum Gasteiger partial charge on any atom is -0.465 e. The molecular formula is C19H27ClN4O4. The van der Waals surface area contributed by atoms with Gasteiger partial charge in [0.05, 0.1) is 24.4 Å². The molecule has 2 fully saturated rings. The Morgan fingerprint density at radius 1 is 1.29 bits per heavy atom. The third kappa shape index (κ3) is 3.74. The average Bonchev–Trinajstić information content (AvgIpc) is 2.77. The molecule has 0 spiro atoms. The van der Waals surface area contributed by atoms with Crippen molar-refractivity contribution >= 4 is 29.5 Å². The Bertz CT molecular complexity index is 810. The van der Waals surface area contributed by atoms with Crippen LogP contribution in [0.5, 0.6) is 0 Å². The molecule has 0 N–H and O–H groups in total. The van der Waals surface area contributed by atoms with Crippen LogP contribution in [0.3, 0.4) is 0 Å². The quantitative estimate of drug-likeness (QED) is 0.546. The van der Waals surface area contributed by atoms with Gasteiger partial charge in [0.15, 0.2) is 0 Å². The molecule has 1 aromatic rings. The lowest BCUT2D eigenvalue weighted by molar-refractivity contribution is -0.00289. The summed E-state index contributed by atoms with van der Waals surface area (Å²) in [5.74, 6) is -0.0532. The first kappa shape index (κ1) is 20.6. The summed E-state index contributed by atoms with van der Waals surface area (Å²) in [6.45, 7) is 10.4. The van der Waals surface area contributed by atoms with Crippen LogP contribution in [0.2, 0.25) is 5.28 Å². The summed E-state index contributed by atoms with van der Waals surface area (Å²) in [4.78, 5) is 37.4. The Morgan fingerprint density at radius 3 is 2.54 bits per heavy atom. The van der Waals surface area contributed by atoms with Crippen LogP contribution in [-0.2, 0) is 9.47 Å². The van der Waals surface area contributed by atoms with Crippen LogP contribution >= 0.6 is 11.6 Å². The highest BCUT2D eigenvalue weighted by Crippen LogP contribution is 2.41. The van der Waals surface area contributed by atoms with Crippen LogP contribution in [0.1, 0.15) is 56.6 Å². The van der Waals surface area contributed by atoms with E-state index in [1.54, 1.807) is 6.92 Å². The summed E-state index contributed by atoms with van der Waals surface area (Å²) in [6, 6.07) is -0.0341. The van der Waals surface area contributed by atoms with Crippen molar-refractivity contribution in [2.45, 2.75) is 64.6 Å². The fourth-order valence-corrected chi connectivity index (χ4v) is 4.37. The number of aromatic nitrogens is 2. The van der Waals surface area contributed by atoms with Gasteiger partial charge in [-0.15, -0.1) is 0 Å². The fraction of sp³-hybridized carbons (Fsp3) is 0.684. The number of carbonyl (C=O) groups excluding carboxylic acids is 2. The van der Waals surface area contributed by atoms with Crippen molar-refractivity contribution in [1.29, 1.82) is 0 Å². The van der Waals surface area contributed by atoms with Crippen molar-refractivity contribution in [3.05, 3.63) is 16.5 Å². The number of carbonyl (C=O) groups is 2. The molecule has 1 unspecified atom stereocenters. The Morgan fingerprint density at radius 2 is 1.96 bits per heavy atom. The summed E-state index contributed by atoms with van der Waals surface area (Å²) in [7, 11) is 1.33. The van der Waals surface area contributed by atoms with Gasteiger partial charge in [-0.1, -0.05) is 0 Å². The lowest BCUT2D eigenvalue weighted by Gasteiger charge is -2.47. The van der Waals surface area contributed by atoms with Gasteiger partial charge >= 0.3 is 12.1 Å². The molecular weight excluding hydrogens is 384 g/mol. The number of aryl methyl sites for hydroxylation is 1. The molecule has 8 nitrogen and oxygen atoms in total. The number of nitrogens with zero attached hydrogens (tertiary/aromatic N) is 4. The van der Waals surface area contributed by atoms with Crippen molar-refractivity contribution < 1.29 is 19.1 Å². The van der Waals surface area contributed by atoms with E-state index in [1.165, 1.54) is 7.11 Å². The van der Waals surface area contributed by atoms with Gasteiger partial charge in [0.25, 0.3) is 0 Å². The predicted octanol–water partition coefficient (Wildman–Crippen LogP) is 3.20. The number of methoxy groups -OCH3 is 1. The normalized spacial score (nSPS) is 24.3. The van der Waals surface area contributed by atoms with Gasteiger partial charge in [0, 0.05) is 13.1 Å². The first-order chi connectivity index (χ1) is 12.9. The molecule has 9 heteroatoms. The Hall–Kier alpha value is -2.09. The molecule has 1 amide bonds. The second kappa shape index (κ2) is 7.06. The summed E-state index contributed by atoms with van der Waals surface area (Å²) in [5, 5.41) is 0.0761. The van der Waals surface area contributed by atoms with E-state index in [9.17, 15) is 9.59 Å². The number of amides is 1. The molecule has 2 saturated heterocycles. The highest BCUT2D eigenvalue weighted by molar-refractivity contribution is 6.28. The summed E-state index contributed by atoms with van der Waals surface area (Å²) in [6.07, 6.45) is 1.40. The molecule has 0 saturated carbocycles. The molecule has 2 aliphatic heterocycles. The van der Waals surface area contributed by atoms with Gasteiger partial charge in [-0.05, 0) is 59.1 Å². The highest BCUT2D eigenvalue weighted by atomic mass is 35.5. The number of halogens is 1. The van der Waals surface area contributed by atoms with E-state index in [2.05, 4.69) is 9.97 Å². The van der Waals surface area contributed by atoms with Crippen LogP contribution < -0.4 is 4.90 Å². The van der Waals surface area contributed by atoms with Crippen molar-refractivity contribution in [3.8, 4) is 0 Å². The number of piperazine rings is 1. The minimum atomic E-state index is -0.556. The molecule has 154 valence electrons. The smallest absolute Gasteiger partial charge is 0.411 e. The van der Waals surface area contributed by atoms with E-state index in [0.29, 0.717) is 30.2 Å². The second-order valence-electron chi connectivity index (χ2n) is 8.69. The van der Waals surface area contributed by atoms with Gasteiger partial charge in [0.2, 0.25) is 5.28 Å². The number of ether oxygens (including phenoxy) is 2. The van der Waals surface area contributed by atoms with E-state index in [-0.39, 0.29) is 17.4 Å². The maximum atomic E-state index is 12.8. The minimum absolute atomic E-state index is 0.0341. The molecule has 2 bridgehead atoms. The average molecular weight is 411 g/mol. The van der Waals surface area contributed by atoms with Crippen molar-refractivity contribution in [1.82, 2.24) is 14.9 Å². The number of hydrogen-bond acceptors (Lipinski definition) is 7. The standard InChI is InChI=1S/C19H27ClN4O4/c1-11-13(15(25)27-6)14(22-16(20)21-11)23-9-12-7-8-19(5,10-23)24(12)17(26)28-18(2,3)4/h12H,7-10H2,1-6H3/t12-,19?/m1/s1. The zero-order valence-electron chi connectivity index (χ0n) is 17.2. The largest absolute Gasteiger partial charge is 0.465 e. The SMILES string of the molecule is COC(=O)c1c(C)nc(Cl)nc1N1C[C@H]2CCC(C)(C1)N2C(=O)OC(C)(C)C. The third-order valence-corrected chi connectivity index (χ3v) is 5.42. The summed E-state index contributed by atoms with van der Waals surface area (Å²) < 4.78 is 10.6. The molecule has 0 aromatic carbocycles. The first-order valence-corrected chi connectivity index (χ1v) is 9.73. The van der Waals surface area contributed by atoms with Gasteiger partial charge < -0.3 is 14.4 Å². The number of hydrogen-bond donors (Lipinski definition) is 0. The van der Waals surface area contributed by atoms with Crippen molar-refractivity contribution in [2.24, 2.45) is 0 Å². The number of anilines is 1. The monoisotopic (exact) mass is 410 g/mol. The van der Waals surface area contributed by atoms with E-state index < -0.39 is 17.1 Å². The lowest BCUT2D eigenvalue weighted by atomic mass is 9.97. The van der Waals surface area contributed by atoms with Crippen molar-refractivity contribution in [2.75, 3.05) is 25.1 Å². The number of esters is 1. The highest BCUT2D eigenvalue weighted by Gasteiger charge is 2.52. The van der Waals surface area contributed by atoms with Crippen LogP contribution in [0, 0.1) is 6.92 Å². The van der Waals surface area contributed by atoms with Crippen LogP contribution in [0.15, 0.2) is 0 Å². The number of rotatable bonds is 2. The molecule has 3 rings (SSSR count). The second-order valence-corrected chi connectivity index (χ2v) is 9.03. The predicted molar refractivity (Wildman–Crippen MR) is 105 cm³/mol. The van der Waals surface area contributed by atoms with E-state index in [0.717, 1.165) is 12.8 Å². The van der Waals surface area contributed by atoms with Crippen LogP contribution in [-0.4, -0.2) is 64.3 Å². The molecule has 28 heavy (non-hydrogen) atoms. The van der Waals surface area contributed by atoms with Gasteiger partial charge in [-0.3, -0.25) is 4.90 Å². The van der Waals surface area contributed by atoms with E-state index in [1.807, 2.05) is 37.5 Å². The Kier molecular flexibility index (Phi) is 5.20. The summed E-state index contributed by atoms with van der Waals surface area (Å²) in [5.41, 5.74) is -0.210. The molecule has 2 atom stereocenters. The zero-order chi connectivity index (χ0) is 20.9. The lowest BCUT2D eigenvalue weighted by Crippen LogP contribution is -2.63. The van der Waals surface area contributed by atoms with Gasteiger partial charge in [-0.25, -0.2) is 14.6 Å². The molecule has 2 aliphatic rings. The molecule has 3 heterocycles. The van der Waals surface area contributed by atoms with Gasteiger partial charge in [0.1, 0.15) is 17.0 Å². The summed E-state index contributed by atoms with van der Waals surface area (Å²) >= 11 is 6.08. The van der Waals surface area contributed by atoms with E-state index in [4.69, 9.17) is 21.1 Å². The maximum Gasteiger partial charge on any atom is 0.411 e.